The molecule has 1 aliphatic heterocycles. The van der Waals surface area contributed by atoms with Crippen molar-refractivity contribution in [3.05, 3.63) is 75.6 Å². The molecule has 1 aliphatic rings. The monoisotopic (exact) mass is 513 g/mol. The van der Waals surface area contributed by atoms with Crippen molar-refractivity contribution in [3.8, 4) is 0 Å². The number of carbonyl (C=O) groups is 1. The summed E-state index contributed by atoms with van der Waals surface area (Å²) >= 11 is 6.15. The van der Waals surface area contributed by atoms with Gasteiger partial charge in [-0.2, -0.15) is 4.31 Å². The topological polar surface area (TPSA) is 92.5 Å². The number of rotatable bonds is 6. The van der Waals surface area contributed by atoms with Gasteiger partial charge in [-0.3, -0.25) is 4.79 Å². The zero-order valence-corrected chi connectivity index (χ0v) is 21.5. The summed E-state index contributed by atoms with van der Waals surface area (Å²) < 4.78 is 33.7. The predicted octanol–water partition coefficient (Wildman–Crippen LogP) is 5.46. The summed E-state index contributed by atoms with van der Waals surface area (Å²) in [6, 6.07) is 13.2. The number of anilines is 1. The van der Waals surface area contributed by atoms with Gasteiger partial charge in [0.15, 0.2) is 10.7 Å². The number of benzene rings is 2. The first-order valence-electron chi connectivity index (χ1n) is 11.4. The second-order valence-electron chi connectivity index (χ2n) is 8.79. The van der Waals surface area contributed by atoms with Crippen molar-refractivity contribution in [1.29, 1.82) is 0 Å². The number of aryl methyl sites for hydroxylation is 2. The second kappa shape index (κ2) is 10.4. The highest BCUT2D eigenvalue weighted by molar-refractivity contribution is 7.89. The third-order valence-electron chi connectivity index (χ3n) is 6.29. The van der Waals surface area contributed by atoms with Crippen LogP contribution in [0.4, 0.5) is 5.69 Å². The first-order valence-corrected chi connectivity index (χ1v) is 13.3. The maximum atomic E-state index is 13.5. The molecule has 0 saturated carbocycles. The van der Waals surface area contributed by atoms with E-state index in [9.17, 15) is 13.2 Å². The van der Waals surface area contributed by atoms with E-state index in [1.165, 1.54) is 4.31 Å². The van der Waals surface area contributed by atoms with Crippen LogP contribution in [0, 0.1) is 26.7 Å². The summed E-state index contributed by atoms with van der Waals surface area (Å²) in [6.45, 7) is 5.94. The molecule has 7 nitrogen and oxygen atoms in total. The molecule has 1 N–H and O–H groups in total. The molecule has 1 fully saturated rings. The molecule has 3 aromatic rings. The number of aromatic nitrogens is 1. The van der Waals surface area contributed by atoms with Gasteiger partial charge in [-0.15, -0.1) is 0 Å². The van der Waals surface area contributed by atoms with E-state index in [1.807, 2.05) is 38.1 Å². The van der Waals surface area contributed by atoms with Crippen molar-refractivity contribution < 1.29 is 17.7 Å². The Kier molecular flexibility index (Phi) is 7.44. The van der Waals surface area contributed by atoms with Crippen LogP contribution < -0.4 is 5.32 Å². The predicted molar refractivity (Wildman–Crippen MR) is 138 cm³/mol. The number of amides is 1. The number of nitrogens with zero attached hydrogens (tertiary/aromatic N) is 2. The Bertz CT molecular complexity index is 1360. The summed E-state index contributed by atoms with van der Waals surface area (Å²) in [5, 5.41) is 7.42. The largest absolute Gasteiger partial charge is 0.355 e. The average Bonchev–Trinajstić information content (AvgIpc) is 3.22. The maximum Gasteiger partial charge on any atom is 0.248 e. The van der Waals surface area contributed by atoms with Crippen LogP contribution in [0.1, 0.15) is 41.0 Å². The fourth-order valence-electron chi connectivity index (χ4n) is 4.11. The normalized spacial score (nSPS) is 15.5. The number of carbonyl (C=O) groups excluding carboxylic acids is 1. The van der Waals surface area contributed by atoms with Crippen molar-refractivity contribution >= 4 is 45.4 Å². The van der Waals surface area contributed by atoms with Crippen molar-refractivity contribution in [1.82, 2.24) is 9.46 Å². The zero-order chi connectivity index (χ0) is 25.2. The summed E-state index contributed by atoms with van der Waals surface area (Å²) in [5.41, 5.74) is 3.85. The van der Waals surface area contributed by atoms with Crippen LogP contribution in [0.2, 0.25) is 5.02 Å². The lowest BCUT2D eigenvalue weighted by molar-refractivity contribution is -0.120. The Morgan fingerprint density at radius 2 is 1.77 bits per heavy atom. The van der Waals surface area contributed by atoms with Crippen LogP contribution in [0.25, 0.3) is 12.2 Å². The van der Waals surface area contributed by atoms with Gasteiger partial charge < -0.3 is 9.84 Å². The second-order valence-corrected chi connectivity index (χ2v) is 11.1. The molecule has 0 bridgehead atoms. The molecule has 2 aromatic carbocycles. The van der Waals surface area contributed by atoms with E-state index in [0.717, 1.165) is 16.7 Å². The molecule has 0 atom stereocenters. The minimum absolute atomic E-state index is 0.0679. The minimum atomic E-state index is -3.83. The highest BCUT2D eigenvalue weighted by atomic mass is 35.5. The van der Waals surface area contributed by atoms with E-state index in [2.05, 4.69) is 10.5 Å². The lowest BCUT2D eigenvalue weighted by atomic mass is 9.97. The lowest BCUT2D eigenvalue weighted by Gasteiger charge is -2.30. The quantitative estimate of drug-likeness (QED) is 0.472. The van der Waals surface area contributed by atoms with Gasteiger partial charge in [0, 0.05) is 29.7 Å². The highest BCUT2D eigenvalue weighted by Crippen LogP contribution is 2.30. The van der Waals surface area contributed by atoms with Gasteiger partial charge in [0.05, 0.1) is 0 Å². The Balaban J connectivity index is 1.45. The highest BCUT2D eigenvalue weighted by Gasteiger charge is 2.36. The van der Waals surface area contributed by atoms with E-state index in [0.29, 0.717) is 29.2 Å². The molecule has 184 valence electrons. The summed E-state index contributed by atoms with van der Waals surface area (Å²) in [6.07, 6.45) is 4.27. The molecular weight excluding hydrogens is 486 g/mol. The SMILES string of the molecule is Cc1ccc(/C=C/c2onc(C)c2S(=O)(=O)N2CCC(C(=O)Nc3cccc(Cl)c3C)CC2)cc1. The van der Waals surface area contributed by atoms with Crippen molar-refractivity contribution in [3.63, 3.8) is 0 Å². The van der Waals surface area contributed by atoms with E-state index < -0.39 is 10.0 Å². The van der Waals surface area contributed by atoms with Gasteiger partial charge in [-0.05, 0) is 62.9 Å². The van der Waals surface area contributed by atoms with E-state index in [4.69, 9.17) is 16.1 Å². The number of hydrogen-bond acceptors (Lipinski definition) is 5. The van der Waals surface area contributed by atoms with Crippen LogP contribution in [0.15, 0.2) is 51.9 Å². The smallest absolute Gasteiger partial charge is 0.248 e. The number of piperidine rings is 1. The third kappa shape index (κ3) is 5.50. The Labute approximate surface area is 210 Å². The molecule has 35 heavy (non-hydrogen) atoms. The Morgan fingerprint density at radius 3 is 2.46 bits per heavy atom. The Hall–Kier alpha value is -2.94. The number of nitrogens with one attached hydrogen (secondary N) is 1. The van der Waals surface area contributed by atoms with Crippen LogP contribution in [-0.4, -0.2) is 36.9 Å². The molecule has 1 saturated heterocycles. The lowest BCUT2D eigenvalue weighted by Crippen LogP contribution is -2.41. The Morgan fingerprint density at radius 1 is 1.09 bits per heavy atom. The maximum absolute atomic E-state index is 13.5. The van der Waals surface area contributed by atoms with Gasteiger partial charge in [-0.25, -0.2) is 8.42 Å². The molecule has 2 heterocycles. The minimum Gasteiger partial charge on any atom is -0.355 e. The molecule has 9 heteroatoms. The molecular formula is C26H28ClN3O4S. The number of hydrogen-bond donors (Lipinski definition) is 1. The number of halogens is 1. The average molecular weight is 514 g/mol. The van der Waals surface area contributed by atoms with Crippen LogP contribution >= 0.6 is 11.6 Å². The molecule has 0 radical (unpaired) electrons. The van der Waals surface area contributed by atoms with E-state index in [1.54, 1.807) is 37.3 Å². The van der Waals surface area contributed by atoms with Gasteiger partial charge in [0.1, 0.15) is 5.69 Å². The number of sulfonamides is 1. The first kappa shape index (κ1) is 25.2. The fraction of sp³-hybridized carbons (Fsp3) is 0.308. The van der Waals surface area contributed by atoms with Crippen molar-refractivity contribution in [2.45, 2.75) is 38.5 Å². The fourth-order valence-corrected chi connectivity index (χ4v) is 6.01. The van der Waals surface area contributed by atoms with Gasteiger partial charge in [0.25, 0.3) is 0 Å². The van der Waals surface area contributed by atoms with E-state index >= 15 is 0 Å². The summed E-state index contributed by atoms with van der Waals surface area (Å²) in [7, 11) is -3.83. The van der Waals surface area contributed by atoms with Crippen molar-refractivity contribution in [2.75, 3.05) is 18.4 Å². The molecule has 1 aromatic heterocycles. The molecule has 1 amide bonds. The summed E-state index contributed by atoms with van der Waals surface area (Å²) in [4.78, 5) is 12.9. The molecule has 4 rings (SSSR count). The third-order valence-corrected chi connectivity index (χ3v) is 8.75. The van der Waals surface area contributed by atoms with E-state index in [-0.39, 0.29) is 35.6 Å². The van der Waals surface area contributed by atoms with Gasteiger partial charge in [0.2, 0.25) is 15.9 Å². The van der Waals surface area contributed by atoms with Crippen LogP contribution in [0.5, 0.6) is 0 Å². The zero-order valence-electron chi connectivity index (χ0n) is 19.9. The molecule has 0 aliphatic carbocycles. The van der Waals surface area contributed by atoms with Gasteiger partial charge >= 0.3 is 0 Å². The van der Waals surface area contributed by atoms with Crippen LogP contribution in [0.3, 0.4) is 0 Å². The standard InChI is InChI=1S/C26H28ClN3O4S/c1-17-7-9-20(10-8-17)11-12-24-25(19(3)29-34-24)35(32,33)30-15-13-21(14-16-30)26(31)28-23-6-4-5-22(27)18(23)2/h4-12,21H,13-16H2,1-3H3,(H,28,31)/b12-11+. The van der Waals surface area contributed by atoms with Gasteiger partial charge in [-0.1, -0.05) is 58.7 Å². The van der Waals surface area contributed by atoms with Crippen molar-refractivity contribution in [2.24, 2.45) is 5.92 Å². The molecule has 0 unspecified atom stereocenters. The summed E-state index contributed by atoms with van der Waals surface area (Å²) in [5.74, 6) is -0.223. The molecule has 0 spiro atoms. The first-order chi connectivity index (χ1) is 16.7. The van der Waals surface area contributed by atoms with Crippen LogP contribution in [-0.2, 0) is 14.8 Å².